The number of hydrogen-bond donors (Lipinski definition) is 0. The number of rotatable bonds is 2. The van der Waals surface area contributed by atoms with E-state index in [0.717, 1.165) is 6.42 Å². The first-order valence-corrected chi connectivity index (χ1v) is 10.0. The molecule has 2 aliphatic rings. The quantitative estimate of drug-likeness (QED) is 0.479. The summed E-state index contributed by atoms with van der Waals surface area (Å²) in [7, 11) is 0. The summed E-state index contributed by atoms with van der Waals surface area (Å²) in [4.78, 5) is 0. The van der Waals surface area contributed by atoms with E-state index in [1.54, 1.807) is 17.7 Å². The molecule has 116 valence electrons. The van der Waals surface area contributed by atoms with Crippen LogP contribution in [0.1, 0.15) is 31.4 Å². The molecule has 0 atom stereocenters. The maximum absolute atomic E-state index is 2.41. The van der Waals surface area contributed by atoms with Gasteiger partial charge in [0.15, 0.2) is 0 Å². The molecular formula is C20H18Cl2Zr. The summed E-state index contributed by atoms with van der Waals surface area (Å²) in [6.07, 6.45) is 4.76. The molecule has 2 aromatic carbocycles. The molecule has 0 nitrogen and oxygen atoms in total. The summed E-state index contributed by atoms with van der Waals surface area (Å²) in [5.74, 6) is 0. The molecule has 0 saturated heterocycles. The van der Waals surface area contributed by atoms with Gasteiger partial charge in [-0.15, -0.1) is 0 Å². The Morgan fingerprint density at radius 2 is 1.61 bits per heavy atom. The van der Waals surface area contributed by atoms with Crippen LogP contribution in [0.5, 0.6) is 0 Å². The van der Waals surface area contributed by atoms with Gasteiger partial charge in [0.05, 0.1) is 0 Å². The van der Waals surface area contributed by atoms with Gasteiger partial charge in [-0.3, -0.25) is 0 Å². The first-order chi connectivity index (χ1) is 10.2. The Balaban J connectivity index is 0.000000960. The Morgan fingerprint density at radius 1 is 0.870 bits per heavy atom. The van der Waals surface area contributed by atoms with Gasteiger partial charge < -0.3 is 24.8 Å². The Kier molecular flexibility index (Phi) is 6.12. The van der Waals surface area contributed by atoms with Gasteiger partial charge in [-0.1, -0.05) is 0 Å². The Morgan fingerprint density at radius 3 is 2.35 bits per heavy atom. The minimum atomic E-state index is -0.644. The third kappa shape index (κ3) is 3.29. The predicted octanol–water partition coefficient (Wildman–Crippen LogP) is -1.40. The summed E-state index contributed by atoms with van der Waals surface area (Å²) < 4.78 is 3.45. The van der Waals surface area contributed by atoms with Crippen molar-refractivity contribution >= 4 is 3.27 Å². The Hall–Kier alpha value is -0.617. The minimum absolute atomic E-state index is 0. The normalized spacial score (nSPS) is 14.3. The summed E-state index contributed by atoms with van der Waals surface area (Å²) in [6.45, 7) is 4.57. The molecule has 0 saturated carbocycles. The van der Waals surface area contributed by atoms with Crippen molar-refractivity contribution in [1.82, 2.24) is 0 Å². The predicted molar refractivity (Wildman–Crippen MR) is 85.4 cm³/mol. The van der Waals surface area contributed by atoms with Gasteiger partial charge in [-0.2, -0.15) is 0 Å². The van der Waals surface area contributed by atoms with Crippen LogP contribution in [0.2, 0.25) is 0 Å². The van der Waals surface area contributed by atoms with Crippen LogP contribution in [-0.2, 0) is 29.7 Å². The van der Waals surface area contributed by atoms with E-state index in [2.05, 4.69) is 62.4 Å². The van der Waals surface area contributed by atoms with E-state index in [4.69, 9.17) is 0 Å². The molecule has 2 aromatic rings. The van der Waals surface area contributed by atoms with Gasteiger partial charge in [-0.25, -0.2) is 0 Å². The van der Waals surface area contributed by atoms with E-state index in [1.165, 1.54) is 28.7 Å². The third-order valence-corrected chi connectivity index (χ3v) is 8.77. The molecular weight excluding hydrogens is 402 g/mol. The van der Waals surface area contributed by atoms with E-state index >= 15 is 0 Å². The average molecular weight is 420 g/mol. The van der Waals surface area contributed by atoms with Crippen molar-refractivity contribution in [3.63, 3.8) is 0 Å². The fraction of sp³-hybridized carbons (Fsp3) is 0.200. The minimum Gasteiger partial charge on any atom is -1.00 e. The summed E-state index contributed by atoms with van der Waals surface area (Å²) in [6, 6.07) is 15.9. The van der Waals surface area contributed by atoms with Gasteiger partial charge in [0, 0.05) is 0 Å². The summed E-state index contributed by atoms with van der Waals surface area (Å²) >= 11 is -0.644. The molecule has 0 amide bonds. The monoisotopic (exact) mass is 418 g/mol. The van der Waals surface area contributed by atoms with Crippen molar-refractivity contribution in [3.05, 3.63) is 74.1 Å². The first kappa shape index (κ1) is 18.7. The molecule has 0 N–H and O–H groups in total. The molecule has 0 aliphatic heterocycles. The van der Waals surface area contributed by atoms with Gasteiger partial charge in [0.1, 0.15) is 0 Å². The molecule has 0 unspecified atom stereocenters. The number of hydrogen-bond acceptors (Lipinski definition) is 0. The van der Waals surface area contributed by atoms with Crippen molar-refractivity contribution in [3.8, 4) is 11.1 Å². The fourth-order valence-electron chi connectivity index (χ4n) is 3.38. The number of benzene rings is 2. The van der Waals surface area contributed by atoms with Crippen LogP contribution in [0.4, 0.5) is 0 Å². The second-order valence-electron chi connectivity index (χ2n) is 5.99. The van der Waals surface area contributed by atoms with Crippen molar-refractivity contribution in [2.24, 2.45) is 0 Å². The summed E-state index contributed by atoms with van der Waals surface area (Å²) in [5, 5.41) is 0. The van der Waals surface area contributed by atoms with E-state index in [0.29, 0.717) is 0 Å². The van der Waals surface area contributed by atoms with Gasteiger partial charge in [0.2, 0.25) is 0 Å². The number of fused-ring (bicyclic) bond motifs is 3. The van der Waals surface area contributed by atoms with Crippen molar-refractivity contribution in [2.75, 3.05) is 0 Å². The zero-order valence-corrected chi connectivity index (χ0v) is 17.3. The van der Waals surface area contributed by atoms with Crippen molar-refractivity contribution in [1.29, 1.82) is 0 Å². The topological polar surface area (TPSA) is 0 Å². The zero-order valence-electron chi connectivity index (χ0n) is 13.3. The van der Waals surface area contributed by atoms with Crippen LogP contribution in [0, 0.1) is 0 Å². The molecule has 23 heavy (non-hydrogen) atoms. The fourth-order valence-corrected chi connectivity index (χ4v) is 6.99. The molecule has 4 rings (SSSR count). The smallest absolute Gasteiger partial charge is 1.00 e. The molecule has 0 spiro atoms. The van der Waals surface area contributed by atoms with E-state index in [-0.39, 0.29) is 24.8 Å². The summed E-state index contributed by atoms with van der Waals surface area (Å²) in [5.41, 5.74) is 9.16. The van der Waals surface area contributed by atoms with Crippen LogP contribution in [-0.4, -0.2) is 0 Å². The standard InChI is InChI=1S/C13H9.C7H9.2ClH.Zr/c1-3-7-12-10(5-1)9-11-6-2-4-8-13(11)12;1-6-4-3-5-7(6)2;;;/h1-5,7-8H,9H2;4H,3H2,1-2H3;2*1H;/q;;;;+2/p-2. The second-order valence-corrected chi connectivity index (χ2v) is 9.41. The van der Waals surface area contributed by atoms with Crippen molar-refractivity contribution in [2.45, 2.75) is 26.7 Å². The van der Waals surface area contributed by atoms with Crippen LogP contribution in [0.25, 0.3) is 11.1 Å². The molecule has 0 heterocycles. The Labute approximate surface area is 162 Å². The molecule has 2 aliphatic carbocycles. The zero-order chi connectivity index (χ0) is 14.4. The van der Waals surface area contributed by atoms with Crippen LogP contribution in [0.15, 0.2) is 63.0 Å². The maximum Gasteiger partial charge on any atom is -1.00 e. The molecule has 0 bridgehead atoms. The average Bonchev–Trinajstić information content (AvgIpc) is 3.03. The van der Waals surface area contributed by atoms with Gasteiger partial charge in [-0.05, 0) is 0 Å². The van der Waals surface area contributed by atoms with E-state index in [9.17, 15) is 0 Å². The van der Waals surface area contributed by atoms with Crippen LogP contribution >= 0.6 is 0 Å². The molecule has 0 radical (unpaired) electrons. The third-order valence-electron chi connectivity index (χ3n) is 4.79. The van der Waals surface area contributed by atoms with Gasteiger partial charge in [0.25, 0.3) is 0 Å². The maximum atomic E-state index is 2.41. The second kappa shape index (κ2) is 7.51. The van der Waals surface area contributed by atoms with Crippen molar-refractivity contribution < 1.29 is 48.0 Å². The Bertz CT molecular complexity index is 803. The molecule has 0 aromatic heterocycles. The number of halogens is 2. The first-order valence-electron chi connectivity index (χ1n) is 7.58. The molecule has 0 fully saturated rings. The van der Waals surface area contributed by atoms with Crippen LogP contribution in [0.3, 0.4) is 0 Å². The SMILES string of the molecule is CC1=CC[C]([Zr+2][c]2cccc3c2Cc2ccccc2-3)=C1C.[Cl-].[Cl-]. The van der Waals surface area contributed by atoms with Gasteiger partial charge >= 0.3 is 138 Å². The van der Waals surface area contributed by atoms with E-state index in [1.807, 2.05) is 0 Å². The van der Waals surface area contributed by atoms with E-state index < -0.39 is 23.2 Å². The number of allylic oxidation sites excluding steroid dienone is 4. The largest absolute Gasteiger partial charge is 1.00 e. The van der Waals surface area contributed by atoms with Crippen LogP contribution < -0.4 is 28.1 Å². The molecule has 3 heteroatoms.